The molecule has 0 radical (unpaired) electrons. The van der Waals surface area contributed by atoms with Gasteiger partial charge < -0.3 is 5.32 Å². The number of rotatable bonds is 3. The molecule has 2 rings (SSSR count). The van der Waals surface area contributed by atoms with E-state index in [0.29, 0.717) is 11.5 Å². The molecular formula is C16H27NS. The van der Waals surface area contributed by atoms with Crippen LogP contribution in [0.2, 0.25) is 0 Å². The van der Waals surface area contributed by atoms with Gasteiger partial charge in [0.1, 0.15) is 0 Å². The molecule has 0 spiro atoms. The average molecular weight is 265 g/mol. The molecule has 1 aromatic rings. The van der Waals surface area contributed by atoms with Gasteiger partial charge in [0.05, 0.1) is 0 Å². The van der Waals surface area contributed by atoms with E-state index in [9.17, 15) is 0 Å². The van der Waals surface area contributed by atoms with Gasteiger partial charge in [0.15, 0.2) is 0 Å². The van der Waals surface area contributed by atoms with Crippen molar-refractivity contribution in [3.05, 3.63) is 22.4 Å². The van der Waals surface area contributed by atoms with Gasteiger partial charge in [0, 0.05) is 10.9 Å². The molecule has 3 unspecified atom stereocenters. The van der Waals surface area contributed by atoms with Crippen LogP contribution in [0.1, 0.15) is 44.9 Å². The summed E-state index contributed by atoms with van der Waals surface area (Å²) in [4.78, 5) is 1.55. The van der Waals surface area contributed by atoms with Gasteiger partial charge in [-0.3, -0.25) is 0 Å². The van der Waals surface area contributed by atoms with Crippen molar-refractivity contribution in [1.82, 2.24) is 5.32 Å². The third-order valence-corrected chi connectivity index (χ3v) is 5.52. The van der Waals surface area contributed by atoms with Crippen LogP contribution in [-0.4, -0.2) is 13.1 Å². The quantitative estimate of drug-likeness (QED) is 0.857. The SMILES string of the molecule is CNC1CCC(C(C)(C)C)CC1Cc1cccs1. The molecule has 2 heteroatoms. The van der Waals surface area contributed by atoms with Gasteiger partial charge in [0.2, 0.25) is 0 Å². The van der Waals surface area contributed by atoms with Crippen LogP contribution in [0.4, 0.5) is 0 Å². The second-order valence-corrected chi connectivity index (χ2v) is 7.85. The van der Waals surface area contributed by atoms with Gasteiger partial charge in [-0.2, -0.15) is 0 Å². The van der Waals surface area contributed by atoms with Crippen LogP contribution in [0.25, 0.3) is 0 Å². The normalized spacial score (nSPS) is 29.4. The molecule has 1 nitrogen and oxygen atoms in total. The molecular weight excluding hydrogens is 238 g/mol. The molecule has 0 amide bonds. The maximum Gasteiger partial charge on any atom is 0.00960 e. The molecule has 1 saturated carbocycles. The average Bonchev–Trinajstić information content (AvgIpc) is 2.80. The third-order valence-electron chi connectivity index (χ3n) is 4.62. The lowest BCUT2D eigenvalue weighted by atomic mass is 9.67. The molecule has 102 valence electrons. The highest BCUT2D eigenvalue weighted by atomic mass is 32.1. The van der Waals surface area contributed by atoms with Crippen molar-refractivity contribution in [2.24, 2.45) is 17.3 Å². The molecule has 3 atom stereocenters. The van der Waals surface area contributed by atoms with E-state index in [1.807, 2.05) is 11.3 Å². The highest BCUT2D eigenvalue weighted by molar-refractivity contribution is 7.09. The maximum absolute atomic E-state index is 3.54. The molecule has 1 fully saturated rings. The van der Waals surface area contributed by atoms with Crippen LogP contribution in [0, 0.1) is 17.3 Å². The summed E-state index contributed by atoms with van der Waals surface area (Å²) in [7, 11) is 2.13. The zero-order valence-corrected chi connectivity index (χ0v) is 13.0. The van der Waals surface area contributed by atoms with Crippen molar-refractivity contribution in [3.8, 4) is 0 Å². The van der Waals surface area contributed by atoms with E-state index >= 15 is 0 Å². The molecule has 0 aromatic carbocycles. The second-order valence-electron chi connectivity index (χ2n) is 6.81. The van der Waals surface area contributed by atoms with E-state index in [0.717, 1.165) is 11.8 Å². The zero-order valence-electron chi connectivity index (χ0n) is 12.2. The lowest BCUT2D eigenvalue weighted by molar-refractivity contribution is 0.117. The third kappa shape index (κ3) is 3.36. The van der Waals surface area contributed by atoms with E-state index in [2.05, 4.69) is 50.6 Å². The summed E-state index contributed by atoms with van der Waals surface area (Å²) in [5, 5.41) is 5.75. The summed E-state index contributed by atoms with van der Waals surface area (Å²) in [6.07, 6.45) is 5.37. The van der Waals surface area contributed by atoms with Crippen LogP contribution in [0.5, 0.6) is 0 Å². The predicted molar refractivity (Wildman–Crippen MR) is 81.2 cm³/mol. The molecule has 1 aliphatic carbocycles. The van der Waals surface area contributed by atoms with E-state index in [1.54, 1.807) is 4.88 Å². The highest BCUT2D eigenvalue weighted by Gasteiger charge is 2.35. The van der Waals surface area contributed by atoms with Crippen molar-refractivity contribution >= 4 is 11.3 Å². The van der Waals surface area contributed by atoms with E-state index < -0.39 is 0 Å². The Morgan fingerprint density at radius 1 is 1.33 bits per heavy atom. The van der Waals surface area contributed by atoms with Gasteiger partial charge in [0.25, 0.3) is 0 Å². The Hall–Kier alpha value is -0.340. The first-order valence-corrected chi connectivity index (χ1v) is 8.08. The fourth-order valence-corrected chi connectivity index (χ4v) is 4.14. The van der Waals surface area contributed by atoms with E-state index in [1.165, 1.54) is 25.7 Å². The molecule has 18 heavy (non-hydrogen) atoms. The Bertz CT molecular complexity index is 350. The Kier molecular flexibility index (Phi) is 4.50. The van der Waals surface area contributed by atoms with Gasteiger partial charge in [-0.25, -0.2) is 0 Å². The Morgan fingerprint density at radius 2 is 2.11 bits per heavy atom. The monoisotopic (exact) mass is 265 g/mol. The van der Waals surface area contributed by atoms with E-state index in [4.69, 9.17) is 0 Å². The fraction of sp³-hybridized carbons (Fsp3) is 0.750. The van der Waals surface area contributed by atoms with Gasteiger partial charge in [-0.15, -0.1) is 11.3 Å². The van der Waals surface area contributed by atoms with E-state index in [-0.39, 0.29) is 0 Å². The number of hydrogen-bond donors (Lipinski definition) is 1. The first-order valence-electron chi connectivity index (χ1n) is 7.20. The van der Waals surface area contributed by atoms with Gasteiger partial charge >= 0.3 is 0 Å². The van der Waals surface area contributed by atoms with Crippen LogP contribution in [0.15, 0.2) is 17.5 Å². The Balaban J connectivity index is 2.04. The van der Waals surface area contributed by atoms with Crippen molar-refractivity contribution in [2.45, 2.75) is 52.5 Å². The molecule has 1 heterocycles. The summed E-state index contributed by atoms with van der Waals surface area (Å²) in [6.45, 7) is 7.21. The molecule has 1 aliphatic rings. The van der Waals surface area contributed by atoms with Crippen molar-refractivity contribution in [3.63, 3.8) is 0 Å². The second kappa shape index (κ2) is 5.75. The topological polar surface area (TPSA) is 12.0 Å². The molecule has 1 N–H and O–H groups in total. The minimum atomic E-state index is 0.465. The lowest BCUT2D eigenvalue weighted by Crippen LogP contribution is -2.42. The highest BCUT2D eigenvalue weighted by Crippen LogP contribution is 2.41. The standard InChI is InChI=1S/C16H27NS/c1-16(2,3)13-7-8-15(17-4)12(10-13)11-14-6-5-9-18-14/h5-6,9,12-13,15,17H,7-8,10-11H2,1-4H3. The molecule has 0 aliphatic heterocycles. The molecule has 1 aromatic heterocycles. The van der Waals surface area contributed by atoms with Crippen LogP contribution in [0.3, 0.4) is 0 Å². The zero-order chi connectivity index (χ0) is 13.2. The molecule has 0 bridgehead atoms. The summed E-state index contributed by atoms with van der Waals surface area (Å²) in [5.41, 5.74) is 0.465. The minimum Gasteiger partial charge on any atom is -0.317 e. The summed E-state index contributed by atoms with van der Waals surface area (Å²) >= 11 is 1.91. The van der Waals surface area contributed by atoms with Crippen molar-refractivity contribution < 1.29 is 0 Å². The Labute approximate surface area is 116 Å². The van der Waals surface area contributed by atoms with Gasteiger partial charge in [-0.1, -0.05) is 26.8 Å². The summed E-state index contributed by atoms with van der Waals surface area (Å²) in [6, 6.07) is 5.18. The van der Waals surface area contributed by atoms with Crippen molar-refractivity contribution in [1.29, 1.82) is 0 Å². The number of hydrogen-bond acceptors (Lipinski definition) is 2. The van der Waals surface area contributed by atoms with Crippen molar-refractivity contribution in [2.75, 3.05) is 7.05 Å². The number of nitrogens with one attached hydrogen (secondary N) is 1. The first-order chi connectivity index (χ1) is 8.50. The maximum atomic E-state index is 3.54. The van der Waals surface area contributed by atoms with Gasteiger partial charge in [-0.05, 0) is 61.4 Å². The summed E-state index contributed by atoms with van der Waals surface area (Å²) < 4.78 is 0. The lowest BCUT2D eigenvalue weighted by Gasteiger charge is -2.42. The number of thiophene rings is 1. The largest absolute Gasteiger partial charge is 0.317 e. The smallest absolute Gasteiger partial charge is 0.00960 e. The minimum absolute atomic E-state index is 0.465. The Morgan fingerprint density at radius 3 is 2.67 bits per heavy atom. The van der Waals surface area contributed by atoms with Crippen LogP contribution >= 0.6 is 11.3 Å². The summed E-state index contributed by atoms with van der Waals surface area (Å²) in [5.74, 6) is 1.69. The fourth-order valence-electron chi connectivity index (χ4n) is 3.34. The molecule has 0 saturated heterocycles. The predicted octanol–water partition coefficient (Wildman–Crippen LogP) is 4.34. The van der Waals surface area contributed by atoms with Crippen LogP contribution < -0.4 is 5.32 Å². The van der Waals surface area contributed by atoms with Crippen LogP contribution in [-0.2, 0) is 6.42 Å². The first kappa shape index (κ1) is 14.1.